The molecule has 0 spiro atoms. The molecule has 2 amide bonds. The molecular weight excluding hydrogens is 379 g/mol. The second kappa shape index (κ2) is 8.74. The van der Waals surface area contributed by atoms with Crippen LogP contribution in [-0.2, 0) is 4.79 Å². The molecule has 1 aliphatic rings. The largest absolute Gasteiger partial charge is 0.356 e. The predicted molar refractivity (Wildman–Crippen MR) is 108 cm³/mol. The quantitative estimate of drug-likeness (QED) is 0.818. The number of nitrogens with one attached hydrogen (secondary N) is 1. The van der Waals surface area contributed by atoms with E-state index in [1.165, 1.54) is 12.1 Å². The number of rotatable bonds is 5. The molecule has 1 heterocycles. The third-order valence-electron chi connectivity index (χ3n) is 5.03. The molecule has 0 saturated carbocycles. The van der Waals surface area contributed by atoms with Crippen LogP contribution in [0.5, 0.6) is 0 Å². The summed E-state index contributed by atoms with van der Waals surface area (Å²) < 4.78 is 13.4. The Morgan fingerprint density at radius 1 is 1.14 bits per heavy atom. The zero-order chi connectivity index (χ0) is 20.3. The minimum absolute atomic E-state index is 0.0857. The molecule has 0 bridgehead atoms. The van der Waals surface area contributed by atoms with E-state index < -0.39 is 5.92 Å². The molecule has 28 heavy (non-hydrogen) atoms. The van der Waals surface area contributed by atoms with E-state index in [-0.39, 0.29) is 23.5 Å². The lowest BCUT2D eigenvalue weighted by Crippen LogP contribution is -2.37. The van der Waals surface area contributed by atoms with Gasteiger partial charge in [-0.3, -0.25) is 9.59 Å². The summed E-state index contributed by atoms with van der Waals surface area (Å²) >= 11 is 6.18. The van der Waals surface area contributed by atoms with E-state index in [0.717, 1.165) is 5.56 Å². The summed E-state index contributed by atoms with van der Waals surface area (Å²) in [6.07, 6.45) is 0. The Bertz CT molecular complexity index is 854. The highest BCUT2D eigenvalue weighted by Gasteiger charge is 2.40. The third-order valence-corrected chi connectivity index (χ3v) is 5.36. The number of carbonyl (C=O) groups excluding carboxylic acids is 2. The van der Waals surface area contributed by atoms with Crippen LogP contribution in [0.25, 0.3) is 0 Å². The van der Waals surface area contributed by atoms with Gasteiger partial charge in [-0.05, 0) is 35.7 Å². The van der Waals surface area contributed by atoms with Crippen LogP contribution in [0.1, 0.15) is 35.7 Å². The van der Waals surface area contributed by atoms with Crippen molar-refractivity contribution in [2.24, 2.45) is 11.8 Å². The van der Waals surface area contributed by atoms with Gasteiger partial charge in [0.15, 0.2) is 0 Å². The normalized spacial score (nSPS) is 19.1. The monoisotopic (exact) mass is 402 g/mol. The number of hydrogen-bond donors (Lipinski definition) is 1. The van der Waals surface area contributed by atoms with Gasteiger partial charge in [-0.1, -0.05) is 49.7 Å². The number of nitrogens with zero attached hydrogens (tertiary/aromatic N) is 1. The molecule has 2 aromatic rings. The van der Waals surface area contributed by atoms with Crippen molar-refractivity contribution in [3.05, 3.63) is 70.5 Å². The van der Waals surface area contributed by atoms with E-state index in [2.05, 4.69) is 5.32 Å². The van der Waals surface area contributed by atoms with Crippen molar-refractivity contribution < 1.29 is 14.0 Å². The first-order chi connectivity index (χ1) is 13.4. The van der Waals surface area contributed by atoms with Crippen molar-refractivity contribution in [1.29, 1.82) is 0 Å². The van der Waals surface area contributed by atoms with Gasteiger partial charge in [-0.2, -0.15) is 0 Å². The lowest BCUT2D eigenvalue weighted by atomic mass is 9.88. The minimum atomic E-state index is -0.393. The highest BCUT2D eigenvalue weighted by atomic mass is 35.5. The van der Waals surface area contributed by atoms with Gasteiger partial charge in [0.05, 0.1) is 16.5 Å². The second-order valence-corrected chi connectivity index (χ2v) is 8.00. The first kappa shape index (κ1) is 20.3. The standard InChI is InChI=1S/C22H24ClFN2O2/c1-14(2)11-25-21(27)19-13-26(22(28)17-5-3-4-6-20(17)23)12-18(19)15-7-9-16(24)10-8-15/h3-10,14,18-19H,11-13H2,1-2H3,(H,25,27). The molecule has 0 aromatic heterocycles. The topological polar surface area (TPSA) is 49.4 Å². The van der Waals surface area contributed by atoms with Crippen molar-refractivity contribution in [2.45, 2.75) is 19.8 Å². The molecule has 3 rings (SSSR count). The van der Waals surface area contributed by atoms with Gasteiger partial charge >= 0.3 is 0 Å². The molecule has 0 radical (unpaired) electrons. The van der Waals surface area contributed by atoms with E-state index in [0.29, 0.717) is 36.1 Å². The van der Waals surface area contributed by atoms with Crippen LogP contribution < -0.4 is 5.32 Å². The summed E-state index contributed by atoms with van der Waals surface area (Å²) in [5.74, 6) is -0.869. The van der Waals surface area contributed by atoms with Crippen molar-refractivity contribution in [1.82, 2.24) is 10.2 Å². The Balaban J connectivity index is 1.85. The van der Waals surface area contributed by atoms with Crippen molar-refractivity contribution in [3.63, 3.8) is 0 Å². The number of benzene rings is 2. The molecule has 1 saturated heterocycles. The summed E-state index contributed by atoms with van der Waals surface area (Å²) in [5.41, 5.74) is 1.27. The molecule has 6 heteroatoms. The van der Waals surface area contributed by atoms with Gasteiger partial charge in [0, 0.05) is 25.6 Å². The average Bonchev–Trinajstić information content (AvgIpc) is 3.12. The Kier molecular flexibility index (Phi) is 6.35. The minimum Gasteiger partial charge on any atom is -0.356 e. The fourth-order valence-corrected chi connectivity index (χ4v) is 3.74. The van der Waals surface area contributed by atoms with Crippen LogP contribution in [0.15, 0.2) is 48.5 Å². The number of amides is 2. The molecule has 2 unspecified atom stereocenters. The lowest BCUT2D eigenvalue weighted by molar-refractivity contribution is -0.125. The highest BCUT2D eigenvalue weighted by Crippen LogP contribution is 2.34. The highest BCUT2D eigenvalue weighted by molar-refractivity contribution is 6.33. The van der Waals surface area contributed by atoms with Crippen molar-refractivity contribution in [3.8, 4) is 0 Å². The van der Waals surface area contributed by atoms with Gasteiger partial charge < -0.3 is 10.2 Å². The van der Waals surface area contributed by atoms with Crippen LogP contribution in [-0.4, -0.2) is 36.3 Å². The van der Waals surface area contributed by atoms with Crippen LogP contribution in [0.3, 0.4) is 0 Å². The molecule has 0 aliphatic carbocycles. The Morgan fingerprint density at radius 2 is 1.82 bits per heavy atom. The number of halogens is 2. The van der Waals surface area contributed by atoms with E-state index in [9.17, 15) is 14.0 Å². The first-order valence-electron chi connectivity index (χ1n) is 9.43. The van der Waals surface area contributed by atoms with E-state index in [1.54, 1.807) is 41.3 Å². The van der Waals surface area contributed by atoms with Gasteiger partial charge in [0.2, 0.25) is 5.91 Å². The molecule has 1 aliphatic heterocycles. The summed E-state index contributed by atoms with van der Waals surface area (Å²) in [6.45, 7) is 5.31. The Hall–Kier alpha value is -2.40. The van der Waals surface area contributed by atoms with Crippen LogP contribution >= 0.6 is 11.6 Å². The third kappa shape index (κ3) is 4.53. The smallest absolute Gasteiger partial charge is 0.255 e. The van der Waals surface area contributed by atoms with Gasteiger partial charge in [-0.15, -0.1) is 0 Å². The molecule has 4 nitrogen and oxygen atoms in total. The zero-order valence-electron chi connectivity index (χ0n) is 16.0. The lowest BCUT2D eigenvalue weighted by Gasteiger charge is -2.18. The summed E-state index contributed by atoms with van der Waals surface area (Å²) in [5, 5.41) is 3.36. The molecular formula is C22H24ClFN2O2. The van der Waals surface area contributed by atoms with Crippen molar-refractivity contribution >= 4 is 23.4 Å². The van der Waals surface area contributed by atoms with Crippen LogP contribution in [0.2, 0.25) is 5.02 Å². The molecule has 2 aromatic carbocycles. The zero-order valence-corrected chi connectivity index (χ0v) is 16.7. The van der Waals surface area contributed by atoms with Crippen LogP contribution in [0.4, 0.5) is 4.39 Å². The predicted octanol–water partition coefficient (Wildman–Crippen LogP) is 4.11. The van der Waals surface area contributed by atoms with Gasteiger partial charge in [0.1, 0.15) is 5.82 Å². The maximum atomic E-state index is 13.4. The summed E-state index contributed by atoms with van der Waals surface area (Å²) in [4.78, 5) is 27.5. The fraction of sp³-hybridized carbons (Fsp3) is 0.364. The number of carbonyl (C=O) groups is 2. The Labute approximate surface area is 169 Å². The van der Waals surface area contributed by atoms with Crippen molar-refractivity contribution in [2.75, 3.05) is 19.6 Å². The average molecular weight is 403 g/mol. The van der Waals surface area contributed by atoms with E-state index in [4.69, 9.17) is 11.6 Å². The van der Waals surface area contributed by atoms with Gasteiger partial charge in [-0.25, -0.2) is 4.39 Å². The Morgan fingerprint density at radius 3 is 2.46 bits per heavy atom. The molecule has 1 N–H and O–H groups in total. The SMILES string of the molecule is CC(C)CNC(=O)C1CN(C(=O)c2ccccc2Cl)CC1c1ccc(F)cc1. The fourth-order valence-electron chi connectivity index (χ4n) is 3.52. The summed E-state index contributed by atoms with van der Waals surface area (Å²) in [6, 6.07) is 13.0. The number of likely N-dealkylation sites (tertiary alicyclic amines) is 1. The molecule has 148 valence electrons. The summed E-state index contributed by atoms with van der Waals surface area (Å²) in [7, 11) is 0. The molecule has 2 atom stereocenters. The van der Waals surface area contributed by atoms with E-state index in [1.807, 2.05) is 13.8 Å². The maximum Gasteiger partial charge on any atom is 0.255 e. The maximum absolute atomic E-state index is 13.4. The van der Waals surface area contributed by atoms with Gasteiger partial charge in [0.25, 0.3) is 5.91 Å². The van der Waals surface area contributed by atoms with E-state index >= 15 is 0 Å². The van der Waals surface area contributed by atoms with Crippen LogP contribution in [0, 0.1) is 17.7 Å². The molecule has 1 fully saturated rings. The first-order valence-corrected chi connectivity index (χ1v) is 9.81. The second-order valence-electron chi connectivity index (χ2n) is 7.59. The number of hydrogen-bond acceptors (Lipinski definition) is 2.